The molecule has 0 atom stereocenters. The van der Waals surface area contributed by atoms with Gasteiger partial charge in [0.2, 0.25) is 5.91 Å². The summed E-state index contributed by atoms with van der Waals surface area (Å²) in [6.45, 7) is 1.49. The van der Waals surface area contributed by atoms with Gasteiger partial charge in [0.05, 0.1) is 11.4 Å². The molecule has 0 radical (unpaired) electrons. The Balaban J connectivity index is 1.41. The smallest absolute Gasteiger partial charge is 0.227 e. The summed E-state index contributed by atoms with van der Waals surface area (Å²) in [5, 5.41) is 19.4. The summed E-state index contributed by atoms with van der Waals surface area (Å²) in [6, 6.07) is 9.25. The molecule has 1 aromatic carbocycles. The predicted molar refractivity (Wildman–Crippen MR) is 108 cm³/mol. The number of tetrazole rings is 1. The number of piperidine rings is 1. The van der Waals surface area contributed by atoms with Crippen molar-refractivity contribution in [3.63, 3.8) is 0 Å². The highest BCUT2D eigenvalue weighted by atomic mass is 35.5. The molecule has 1 N–H and O–H groups in total. The molecule has 1 fully saturated rings. The van der Waals surface area contributed by atoms with E-state index >= 15 is 0 Å². The van der Waals surface area contributed by atoms with E-state index in [9.17, 15) is 4.79 Å². The van der Waals surface area contributed by atoms with Gasteiger partial charge < -0.3 is 15.1 Å². The van der Waals surface area contributed by atoms with E-state index in [2.05, 4.69) is 30.8 Å². The lowest BCUT2D eigenvalue weighted by molar-refractivity contribution is -0.120. The summed E-state index contributed by atoms with van der Waals surface area (Å²) in [4.78, 5) is 16.9. The van der Waals surface area contributed by atoms with Crippen molar-refractivity contribution in [1.82, 2.24) is 25.3 Å². The minimum atomic E-state index is -0.0537. The van der Waals surface area contributed by atoms with Crippen LogP contribution in [0.2, 0.25) is 5.02 Å². The third-order valence-corrected chi connectivity index (χ3v) is 5.18. The number of carbonyl (C=O) groups is 1. The van der Waals surface area contributed by atoms with Gasteiger partial charge in [0, 0.05) is 38.1 Å². The highest BCUT2D eigenvalue weighted by Gasteiger charge is 2.26. The second-order valence-corrected chi connectivity index (χ2v) is 7.46. The maximum atomic E-state index is 12.8. The van der Waals surface area contributed by atoms with Gasteiger partial charge in [0.15, 0.2) is 11.5 Å². The number of aromatic nitrogens is 5. The Bertz CT molecular complexity index is 996. The topological polar surface area (TPSA) is 91.5 Å². The van der Waals surface area contributed by atoms with Gasteiger partial charge in [-0.25, -0.2) is 0 Å². The number of carbonyl (C=O) groups excluding carboxylic acids is 1. The normalized spacial score (nSPS) is 15.0. The molecule has 146 valence electrons. The molecule has 0 unspecified atom stereocenters. The molecule has 1 aliphatic heterocycles. The Labute approximate surface area is 167 Å². The Kier molecular flexibility index (Phi) is 4.99. The lowest BCUT2D eigenvalue weighted by Gasteiger charge is -2.32. The lowest BCUT2D eigenvalue weighted by atomic mass is 9.95. The standard InChI is InChI=1S/C18H21ClN8O/c1-25(2)15-4-3-13(19)11-14(15)20-18(28)12-7-9-26(10-8-12)17-6-5-16-21-23-24-27(16)22-17/h3-6,11-12H,7-10H2,1-2H3,(H,20,28). The van der Waals surface area contributed by atoms with Crippen LogP contribution in [-0.2, 0) is 4.79 Å². The van der Waals surface area contributed by atoms with Crippen molar-refractivity contribution >= 4 is 40.3 Å². The fraction of sp³-hybridized carbons (Fsp3) is 0.389. The van der Waals surface area contributed by atoms with Gasteiger partial charge in [-0.2, -0.15) is 0 Å². The molecule has 4 rings (SSSR count). The first-order valence-corrected chi connectivity index (χ1v) is 9.47. The Morgan fingerprint density at radius 1 is 1.21 bits per heavy atom. The molecule has 0 aliphatic carbocycles. The molecule has 1 aliphatic rings. The summed E-state index contributed by atoms with van der Waals surface area (Å²) >= 11 is 6.11. The van der Waals surface area contributed by atoms with Crippen LogP contribution >= 0.6 is 11.6 Å². The van der Waals surface area contributed by atoms with Crippen LogP contribution in [0.3, 0.4) is 0 Å². The van der Waals surface area contributed by atoms with E-state index in [4.69, 9.17) is 11.6 Å². The molecule has 10 heteroatoms. The first-order chi connectivity index (χ1) is 13.5. The summed E-state index contributed by atoms with van der Waals surface area (Å²) in [7, 11) is 3.87. The zero-order valence-corrected chi connectivity index (χ0v) is 16.5. The summed E-state index contributed by atoms with van der Waals surface area (Å²) in [5.74, 6) is 0.777. The van der Waals surface area contributed by atoms with E-state index in [0.717, 1.165) is 43.1 Å². The summed E-state index contributed by atoms with van der Waals surface area (Å²) < 4.78 is 1.41. The zero-order chi connectivity index (χ0) is 19.7. The van der Waals surface area contributed by atoms with Crippen LogP contribution in [0.25, 0.3) is 5.65 Å². The lowest BCUT2D eigenvalue weighted by Crippen LogP contribution is -2.38. The number of anilines is 3. The maximum absolute atomic E-state index is 12.8. The van der Waals surface area contributed by atoms with Crippen molar-refractivity contribution < 1.29 is 4.79 Å². The minimum Gasteiger partial charge on any atom is -0.376 e. The number of amides is 1. The fourth-order valence-corrected chi connectivity index (χ4v) is 3.58. The van der Waals surface area contributed by atoms with Crippen LogP contribution in [0, 0.1) is 5.92 Å². The van der Waals surface area contributed by atoms with Crippen molar-refractivity contribution in [2.75, 3.05) is 42.3 Å². The van der Waals surface area contributed by atoms with Gasteiger partial charge in [0.25, 0.3) is 0 Å². The molecule has 0 saturated carbocycles. The first kappa shape index (κ1) is 18.4. The number of nitrogens with zero attached hydrogens (tertiary/aromatic N) is 7. The second kappa shape index (κ2) is 7.59. The SMILES string of the molecule is CN(C)c1ccc(Cl)cc1NC(=O)C1CCN(c2ccc3nnnn3n2)CC1. The third-order valence-electron chi connectivity index (χ3n) is 4.94. The molecule has 1 saturated heterocycles. The van der Waals surface area contributed by atoms with Crippen LogP contribution in [0.4, 0.5) is 17.2 Å². The average Bonchev–Trinajstić information content (AvgIpc) is 3.15. The number of nitrogens with one attached hydrogen (secondary N) is 1. The average molecular weight is 401 g/mol. The van der Waals surface area contributed by atoms with Crippen LogP contribution < -0.4 is 15.1 Å². The fourth-order valence-electron chi connectivity index (χ4n) is 3.41. The van der Waals surface area contributed by atoms with Gasteiger partial charge in [0.1, 0.15) is 0 Å². The van der Waals surface area contributed by atoms with E-state index < -0.39 is 0 Å². The number of rotatable bonds is 4. The quantitative estimate of drug-likeness (QED) is 0.716. The van der Waals surface area contributed by atoms with Gasteiger partial charge >= 0.3 is 0 Å². The van der Waals surface area contributed by atoms with Crippen molar-refractivity contribution in [3.05, 3.63) is 35.4 Å². The Morgan fingerprint density at radius 2 is 2.00 bits per heavy atom. The van der Waals surface area contributed by atoms with Gasteiger partial charge in [-0.05, 0) is 53.6 Å². The molecule has 0 spiro atoms. The van der Waals surface area contributed by atoms with Crippen molar-refractivity contribution in [1.29, 1.82) is 0 Å². The number of halogens is 1. The predicted octanol–water partition coefficient (Wildman–Crippen LogP) is 2.09. The monoisotopic (exact) mass is 400 g/mol. The molecular weight excluding hydrogens is 380 g/mol. The summed E-state index contributed by atoms with van der Waals surface area (Å²) in [5.41, 5.74) is 2.26. The van der Waals surface area contributed by atoms with Gasteiger partial charge in [-0.15, -0.1) is 14.8 Å². The van der Waals surface area contributed by atoms with Crippen molar-refractivity contribution in [2.24, 2.45) is 5.92 Å². The number of benzene rings is 1. The molecule has 2 aromatic heterocycles. The molecule has 9 nitrogen and oxygen atoms in total. The maximum Gasteiger partial charge on any atom is 0.227 e. The molecule has 3 heterocycles. The first-order valence-electron chi connectivity index (χ1n) is 9.09. The number of hydrogen-bond acceptors (Lipinski definition) is 7. The van der Waals surface area contributed by atoms with E-state index in [1.165, 1.54) is 4.63 Å². The largest absolute Gasteiger partial charge is 0.376 e. The minimum absolute atomic E-state index is 0.0221. The van der Waals surface area contributed by atoms with E-state index in [1.807, 2.05) is 43.3 Å². The molecule has 28 heavy (non-hydrogen) atoms. The van der Waals surface area contributed by atoms with Crippen molar-refractivity contribution in [2.45, 2.75) is 12.8 Å². The summed E-state index contributed by atoms with van der Waals surface area (Å²) in [6.07, 6.45) is 1.50. The number of hydrogen-bond donors (Lipinski definition) is 1. The second-order valence-electron chi connectivity index (χ2n) is 7.02. The third kappa shape index (κ3) is 3.70. The van der Waals surface area contributed by atoms with Gasteiger partial charge in [-0.1, -0.05) is 11.6 Å². The van der Waals surface area contributed by atoms with Gasteiger partial charge in [-0.3, -0.25) is 4.79 Å². The molecular formula is C18H21ClN8O. The Morgan fingerprint density at radius 3 is 2.75 bits per heavy atom. The van der Waals surface area contributed by atoms with E-state index in [0.29, 0.717) is 10.7 Å². The van der Waals surface area contributed by atoms with Crippen LogP contribution in [0.5, 0.6) is 0 Å². The number of fused-ring (bicyclic) bond motifs is 1. The van der Waals surface area contributed by atoms with Crippen LogP contribution in [0.1, 0.15) is 12.8 Å². The highest BCUT2D eigenvalue weighted by molar-refractivity contribution is 6.31. The zero-order valence-electron chi connectivity index (χ0n) is 15.7. The van der Waals surface area contributed by atoms with Crippen molar-refractivity contribution in [3.8, 4) is 0 Å². The van der Waals surface area contributed by atoms with E-state index in [1.54, 1.807) is 6.07 Å². The molecule has 3 aromatic rings. The molecule has 1 amide bonds. The Hall–Kier alpha value is -2.94. The van der Waals surface area contributed by atoms with Crippen LogP contribution in [0.15, 0.2) is 30.3 Å². The molecule has 0 bridgehead atoms. The van der Waals surface area contributed by atoms with Crippen LogP contribution in [-0.4, -0.2) is 58.3 Å². The highest BCUT2D eigenvalue weighted by Crippen LogP contribution is 2.29. The van der Waals surface area contributed by atoms with E-state index in [-0.39, 0.29) is 11.8 Å².